The minimum Gasteiger partial charge on any atom is -0.352 e. The highest BCUT2D eigenvalue weighted by atomic mass is 32.2. The number of anilines is 1. The van der Waals surface area contributed by atoms with Crippen LogP contribution in [0.25, 0.3) is 0 Å². The summed E-state index contributed by atoms with van der Waals surface area (Å²) in [5.74, 6) is -0.127. The molecule has 2 N–H and O–H groups in total. The molecular weight excluding hydrogens is 312 g/mol. The average molecular weight is 332 g/mol. The highest BCUT2D eigenvalue weighted by molar-refractivity contribution is 7.92. The average Bonchev–Trinajstić information content (AvgIpc) is 2.49. The first-order chi connectivity index (χ1) is 10.8. The van der Waals surface area contributed by atoms with Crippen molar-refractivity contribution in [3.63, 3.8) is 0 Å². The van der Waals surface area contributed by atoms with Gasteiger partial charge in [-0.1, -0.05) is 18.2 Å². The summed E-state index contributed by atoms with van der Waals surface area (Å²) in [6.07, 6.45) is 0. The maximum absolute atomic E-state index is 12.4. The van der Waals surface area contributed by atoms with Crippen LogP contribution in [-0.2, 0) is 21.4 Å². The number of rotatable bonds is 5. The van der Waals surface area contributed by atoms with Crippen molar-refractivity contribution in [2.75, 3.05) is 4.72 Å². The van der Waals surface area contributed by atoms with Crippen LogP contribution in [0.4, 0.5) is 5.69 Å². The summed E-state index contributed by atoms with van der Waals surface area (Å²) < 4.78 is 27.4. The zero-order chi connectivity index (χ0) is 17.0. The van der Waals surface area contributed by atoms with Gasteiger partial charge in [-0.25, -0.2) is 8.42 Å². The van der Waals surface area contributed by atoms with E-state index in [1.54, 1.807) is 24.3 Å². The maximum atomic E-state index is 12.4. The zero-order valence-corrected chi connectivity index (χ0v) is 14.2. The van der Waals surface area contributed by atoms with Crippen molar-refractivity contribution in [1.29, 1.82) is 0 Å². The molecule has 0 unspecified atom stereocenters. The van der Waals surface area contributed by atoms with Gasteiger partial charge in [-0.2, -0.15) is 0 Å². The second-order valence-corrected chi connectivity index (χ2v) is 7.14. The molecule has 0 atom stereocenters. The summed E-state index contributed by atoms with van der Waals surface area (Å²) in [7, 11) is -3.63. The van der Waals surface area contributed by atoms with Gasteiger partial charge in [0, 0.05) is 19.2 Å². The van der Waals surface area contributed by atoms with E-state index in [0.717, 1.165) is 16.7 Å². The lowest BCUT2D eigenvalue weighted by Crippen LogP contribution is -2.19. The van der Waals surface area contributed by atoms with Crippen LogP contribution >= 0.6 is 0 Å². The Labute approximate surface area is 136 Å². The van der Waals surface area contributed by atoms with Crippen LogP contribution < -0.4 is 10.0 Å². The molecule has 0 aliphatic rings. The van der Waals surface area contributed by atoms with Crippen LogP contribution in [0.15, 0.2) is 47.4 Å². The molecule has 0 radical (unpaired) electrons. The topological polar surface area (TPSA) is 75.3 Å². The van der Waals surface area contributed by atoms with E-state index in [9.17, 15) is 13.2 Å². The summed E-state index contributed by atoms with van der Waals surface area (Å²) in [6, 6.07) is 11.9. The molecule has 2 rings (SSSR count). The van der Waals surface area contributed by atoms with Crippen molar-refractivity contribution in [3.8, 4) is 0 Å². The Bertz CT molecular complexity index is 812. The Balaban J connectivity index is 2.15. The van der Waals surface area contributed by atoms with Crippen molar-refractivity contribution in [2.45, 2.75) is 32.2 Å². The van der Waals surface area contributed by atoms with E-state index in [1.165, 1.54) is 19.1 Å². The number of hydrogen-bond acceptors (Lipinski definition) is 3. The molecule has 23 heavy (non-hydrogen) atoms. The summed E-state index contributed by atoms with van der Waals surface area (Å²) in [5.41, 5.74) is 3.51. The van der Waals surface area contributed by atoms with E-state index in [4.69, 9.17) is 0 Å². The predicted octanol–water partition coefficient (Wildman–Crippen LogP) is 2.74. The molecule has 0 aromatic heterocycles. The van der Waals surface area contributed by atoms with E-state index in [0.29, 0.717) is 12.2 Å². The van der Waals surface area contributed by atoms with Crippen molar-refractivity contribution < 1.29 is 13.2 Å². The molecule has 2 aromatic carbocycles. The van der Waals surface area contributed by atoms with Crippen LogP contribution in [0, 0.1) is 13.8 Å². The van der Waals surface area contributed by atoms with Crippen LogP contribution in [-0.4, -0.2) is 14.3 Å². The Hall–Kier alpha value is -2.34. The van der Waals surface area contributed by atoms with Gasteiger partial charge in [-0.3, -0.25) is 9.52 Å². The quantitative estimate of drug-likeness (QED) is 0.884. The summed E-state index contributed by atoms with van der Waals surface area (Å²) >= 11 is 0. The molecule has 0 saturated carbocycles. The Morgan fingerprint density at radius 3 is 2.22 bits per heavy atom. The normalized spacial score (nSPS) is 11.1. The molecule has 0 heterocycles. The van der Waals surface area contributed by atoms with Crippen molar-refractivity contribution >= 4 is 21.6 Å². The lowest BCUT2D eigenvalue weighted by molar-refractivity contribution is -0.119. The smallest absolute Gasteiger partial charge is 0.261 e. The van der Waals surface area contributed by atoms with Gasteiger partial charge < -0.3 is 5.32 Å². The number of carbonyl (C=O) groups is 1. The molecule has 1 amide bonds. The van der Waals surface area contributed by atoms with Crippen molar-refractivity contribution in [2.24, 2.45) is 0 Å². The third-order valence-corrected chi connectivity index (χ3v) is 4.93. The Morgan fingerprint density at radius 1 is 1.00 bits per heavy atom. The number of benzene rings is 2. The summed E-state index contributed by atoms with van der Waals surface area (Å²) in [6.45, 7) is 5.72. The molecule has 0 bridgehead atoms. The highest BCUT2D eigenvalue weighted by Crippen LogP contribution is 2.19. The number of sulfonamides is 1. The Morgan fingerprint density at radius 2 is 1.65 bits per heavy atom. The van der Waals surface area contributed by atoms with Gasteiger partial charge in [0.1, 0.15) is 0 Å². The standard InChI is InChI=1S/C17H20N2O3S/c1-12-4-7-16(10-13(12)2)19-23(21,22)17-8-5-15(6-9-17)11-18-14(3)20/h4-10,19H,11H2,1-3H3,(H,18,20). The first-order valence-electron chi connectivity index (χ1n) is 7.21. The van der Waals surface area contributed by atoms with Gasteiger partial charge in [0.15, 0.2) is 0 Å². The number of carbonyl (C=O) groups excluding carboxylic acids is 1. The van der Waals surface area contributed by atoms with E-state index >= 15 is 0 Å². The molecule has 5 nitrogen and oxygen atoms in total. The largest absolute Gasteiger partial charge is 0.352 e. The fourth-order valence-corrected chi connectivity index (χ4v) is 3.08. The summed E-state index contributed by atoms with van der Waals surface area (Å²) in [5, 5.41) is 2.67. The first kappa shape index (κ1) is 17.0. The lowest BCUT2D eigenvalue weighted by atomic mass is 10.1. The van der Waals surface area contributed by atoms with Crippen molar-refractivity contribution in [3.05, 3.63) is 59.2 Å². The van der Waals surface area contributed by atoms with E-state index < -0.39 is 10.0 Å². The van der Waals surface area contributed by atoms with Gasteiger partial charge in [-0.15, -0.1) is 0 Å². The maximum Gasteiger partial charge on any atom is 0.261 e. The molecule has 122 valence electrons. The number of amides is 1. The third kappa shape index (κ3) is 4.56. The van der Waals surface area contributed by atoms with Gasteiger partial charge in [0.2, 0.25) is 5.91 Å². The predicted molar refractivity (Wildman–Crippen MR) is 90.7 cm³/mol. The second kappa shape index (κ2) is 6.83. The molecule has 6 heteroatoms. The van der Waals surface area contributed by atoms with E-state index in [-0.39, 0.29) is 10.8 Å². The van der Waals surface area contributed by atoms with Crippen LogP contribution in [0.1, 0.15) is 23.6 Å². The Kier molecular flexibility index (Phi) is 5.05. The molecule has 0 saturated heterocycles. The molecular formula is C17H20N2O3S. The van der Waals surface area contributed by atoms with Crippen LogP contribution in [0.3, 0.4) is 0 Å². The lowest BCUT2D eigenvalue weighted by Gasteiger charge is -2.10. The fraction of sp³-hybridized carbons (Fsp3) is 0.235. The SMILES string of the molecule is CC(=O)NCc1ccc(S(=O)(=O)Nc2ccc(C)c(C)c2)cc1. The van der Waals surface area contributed by atoms with Gasteiger partial charge in [0.05, 0.1) is 4.90 Å². The van der Waals surface area contributed by atoms with Gasteiger partial charge in [0.25, 0.3) is 10.0 Å². The van der Waals surface area contributed by atoms with E-state index in [2.05, 4.69) is 10.0 Å². The van der Waals surface area contributed by atoms with Crippen molar-refractivity contribution in [1.82, 2.24) is 5.32 Å². The van der Waals surface area contributed by atoms with Gasteiger partial charge in [-0.05, 0) is 54.8 Å². The third-order valence-electron chi connectivity index (χ3n) is 3.53. The molecule has 2 aromatic rings. The van der Waals surface area contributed by atoms with Crippen LogP contribution in [0.5, 0.6) is 0 Å². The minimum atomic E-state index is -3.63. The second-order valence-electron chi connectivity index (χ2n) is 5.46. The number of aryl methyl sites for hydroxylation is 2. The number of hydrogen-bond donors (Lipinski definition) is 2. The number of nitrogens with one attached hydrogen (secondary N) is 2. The van der Waals surface area contributed by atoms with E-state index in [1.807, 2.05) is 19.9 Å². The molecule has 0 aliphatic heterocycles. The summed E-state index contributed by atoms with van der Waals surface area (Å²) in [4.78, 5) is 11.1. The monoisotopic (exact) mass is 332 g/mol. The molecule has 0 spiro atoms. The first-order valence-corrected chi connectivity index (χ1v) is 8.70. The van der Waals surface area contributed by atoms with Gasteiger partial charge >= 0.3 is 0 Å². The fourth-order valence-electron chi connectivity index (χ4n) is 2.03. The molecule has 0 aliphatic carbocycles. The minimum absolute atomic E-state index is 0.127. The van der Waals surface area contributed by atoms with Crippen LogP contribution in [0.2, 0.25) is 0 Å². The highest BCUT2D eigenvalue weighted by Gasteiger charge is 2.14. The molecule has 0 fully saturated rings. The zero-order valence-electron chi connectivity index (χ0n) is 13.4.